The van der Waals surface area contributed by atoms with Crippen LogP contribution in [0.2, 0.25) is 0 Å². The summed E-state index contributed by atoms with van der Waals surface area (Å²) in [4.78, 5) is 23.7. The molecule has 0 atom stereocenters. The van der Waals surface area contributed by atoms with E-state index < -0.39 is 0 Å². The molecule has 0 radical (unpaired) electrons. The van der Waals surface area contributed by atoms with Crippen LogP contribution in [0.4, 0.5) is 11.4 Å². The maximum Gasteiger partial charge on any atom is 0.250 e. The highest BCUT2D eigenvalue weighted by atomic mass is 16.7. The topological polar surface area (TPSA) is 85.9 Å². The molecule has 0 saturated heterocycles. The summed E-state index contributed by atoms with van der Waals surface area (Å²) in [6.07, 6.45) is 0. The number of hydrogen-bond acceptors (Lipinski definition) is 5. The maximum absolute atomic E-state index is 11.9. The number of ether oxygens (including phenoxy) is 3. The molecule has 3 rings (SSSR count). The van der Waals surface area contributed by atoms with Crippen LogP contribution in [0.15, 0.2) is 42.5 Å². The minimum Gasteiger partial charge on any atom is -0.454 e. The Labute approximate surface area is 144 Å². The summed E-state index contributed by atoms with van der Waals surface area (Å²) in [7, 11) is 0. The van der Waals surface area contributed by atoms with Gasteiger partial charge in [-0.2, -0.15) is 0 Å². The van der Waals surface area contributed by atoms with Crippen molar-refractivity contribution in [3.8, 4) is 11.5 Å². The van der Waals surface area contributed by atoms with Crippen molar-refractivity contribution >= 4 is 23.2 Å². The normalized spacial score (nSPS) is 11.9. The van der Waals surface area contributed by atoms with E-state index in [0.717, 1.165) is 5.56 Å². The minimum absolute atomic E-state index is 0.173. The van der Waals surface area contributed by atoms with E-state index in [4.69, 9.17) is 14.2 Å². The Kier molecular flexibility index (Phi) is 5.15. The largest absolute Gasteiger partial charge is 0.454 e. The summed E-state index contributed by atoms with van der Waals surface area (Å²) in [6, 6.07) is 12.5. The van der Waals surface area contributed by atoms with Crippen LogP contribution < -0.4 is 20.1 Å². The SMILES string of the molecule is Cc1cccc(NC(=O)COCC(=O)Nc2ccc3c(c2)OCO3)c1. The third-order valence-corrected chi connectivity index (χ3v) is 3.42. The Balaban J connectivity index is 1.41. The average Bonchev–Trinajstić information content (AvgIpc) is 3.02. The summed E-state index contributed by atoms with van der Waals surface area (Å²) < 4.78 is 15.6. The second-order valence-electron chi connectivity index (χ2n) is 5.53. The first-order valence-corrected chi connectivity index (χ1v) is 7.74. The molecule has 0 spiro atoms. The van der Waals surface area contributed by atoms with Crippen molar-refractivity contribution in [3.63, 3.8) is 0 Å². The number of benzene rings is 2. The molecule has 25 heavy (non-hydrogen) atoms. The van der Waals surface area contributed by atoms with Crippen molar-refractivity contribution in [1.29, 1.82) is 0 Å². The first kappa shape index (κ1) is 16.8. The first-order chi connectivity index (χ1) is 12.1. The number of anilines is 2. The Morgan fingerprint density at radius 2 is 1.64 bits per heavy atom. The van der Waals surface area contributed by atoms with Crippen molar-refractivity contribution in [2.75, 3.05) is 30.6 Å². The monoisotopic (exact) mass is 342 g/mol. The Bertz CT molecular complexity index is 791. The predicted octanol–water partition coefficient (Wildman–Crippen LogP) is 2.32. The van der Waals surface area contributed by atoms with E-state index in [0.29, 0.717) is 22.9 Å². The molecule has 130 valence electrons. The van der Waals surface area contributed by atoms with Gasteiger partial charge in [0, 0.05) is 17.4 Å². The molecule has 7 heteroatoms. The summed E-state index contributed by atoms with van der Waals surface area (Å²) in [6.45, 7) is 1.68. The van der Waals surface area contributed by atoms with Crippen LogP contribution in [0.3, 0.4) is 0 Å². The van der Waals surface area contributed by atoms with Gasteiger partial charge in [0.2, 0.25) is 18.6 Å². The zero-order valence-corrected chi connectivity index (χ0v) is 13.7. The fourth-order valence-corrected chi connectivity index (χ4v) is 2.33. The molecular weight excluding hydrogens is 324 g/mol. The van der Waals surface area contributed by atoms with Gasteiger partial charge in [-0.15, -0.1) is 0 Å². The number of nitrogens with one attached hydrogen (secondary N) is 2. The Morgan fingerprint density at radius 3 is 2.36 bits per heavy atom. The van der Waals surface area contributed by atoms with E-state index in [1.54, 1.807) is 24.3 Å². The van der Waals surface area contributed by atoms with Gasteiger partial charge in [-0.05, 0) is 36.8 Å². The lowest BCUT2D eigenvalue weighted by molar-refractivity contribution is -0.125. The predicted molar refractivity (Wildman–Crippen MR) is 91.8 cm³/mol. The molecule has 0 unspecified atom stereocenters. The molecule has 0 aliphatic carbocycles. The van der Waals surface area contributed by atoms with E-state index in [1.807, 2.05) is 25.1 Å². The first-order valence-electron chi connectivity index (χ1n) is 7.74. The molecule has 0 aromatic heterocycles. The number of fused-ring (bicyclic) bond motifs is 1. The molecule has 1 aliphatic rings. The summed E-state index contributed by atoms with van der Waals surface area (Å²) in [5.74, 6) is 0.544. The molecule has 2 aromatic rings. The molecule has 2 aromatic carbocycles. The number of amides is 2. The molecule has 0 saturated carbocycles. The van der Waals surface area contributed by atoms with Gasteiger partial charge in [-0.1, -0.05) is 12.1 Å². The van der Waals surface area contributed by atoms with E-state index in [9.17, 15) is 9.59 Å². The third-order valence-electron chi connectivity index (χ3n) is 3.42. The van der Waals surface area contributed by atoms with Crippen molar-refractivity contribution < 1.29 is 23.8 Å². The van der Waals surface area contributed by atoms with Crippen LogP contribution in [-0.4, -0.2) is 31.8 Å². The maximum atomic E-state index is 11.9. The highest BCUT2D eigenvalue weighted by molar-refractivity contribution is 5.93. The lowest BCUT2D eigenvalue weighted by Crippen LogP contribution is -2.23. The van der Waals surface area contributed by atoms with Crippen LogP contribution in [0, 0.1) is 6.92 Å². The van der Waals surface area contributed by atoms with Gasteiger partial charge in [0.1, 0.15) is 13.2 Å². The van der Waals surface area contributed by atoms with Crippen LogP contribution in [0.25, 0.3) is 0 Å². The quantitative estimate of drug-likeness (QED) is 0.841. The highest BCUT2D eigenvalue weighted by Gasteiger charge is 2.14. The molecule has 1 heterocycles. The molecule has 1 aliphatic heterocycles. The second-order valence-corrected chi connectivity index (χ2v) is 5.53. The number of rotatable bonds is 6. The standard InChI is InChI=1S/C18H18N2O5/c1-12-3-2-4-13(7-12)19-17(21)9-23-10-18(22)20-14-5-6-15-16(8-14)25-11-24-15/h2-8H,9-11H2,1H3,(H,19,21)(H,20,22). The van der Waals surface area contributed by atoms with Gasteiger partial charge in [0.25, 0.3) is 0 Å². The van der Waals surface area contributed by atoms with Gasteiger partial charge in [-0.3, -0.25) is 9.59 Å². The van der Waals surface area contributed by atoms with Crippen LogP contribution >= 0.6 is 0 Å². The summed E-state index contributed by atoms with van der Waals surface area (Å²) in [5, 5.41) is 5.38. The van der Waals surface area contributed by atoms with Crippen LogP contribution in [0.1, 0.15) is 5.56 Å². The number of aryl methyl sites for hydroxylation is 1. The number of carbonyl (C=O) groups is 2. The summed E-state index contributed by atoms with van der Waals surface area (Å²) in [5.41, 5.74) is 2.31. The molecule has 2 amide bonds. The molecule has 0 fully saturated rings. The van der Waals surface area contributed by atoms with Crippen molar-refractivity contribution in [1.82, 2.24) is 0 Å². The zero-order valence-electron chi connectivity index (χ0n) is 13.7. The Hall–Kier alpha value is -3.06. The van der Waals surface area contributed by atoms with Crippen LogP contribution in [0.5, 0.6) is 11.5 Å². The van der Waals surface area contributed by atoms with Gasteiger partial charge < -0.3 is 24.8 Å². The van der Waals surface area contributed by atoms with E-state index in [2.05, 4.69) is 10.6 Å². The fourth-order valence-electron chi connectivity index (χ4n) is 2.33. The summed E-state index contributed by atoms with van der Waals surface area (Å²) >= 11 is 0. The van der Waals surface area contributed by atoms with Gasteiger partial charge in [0.15, 0.2) is 11.5 Å². The number of carbonyl (C=O) groups excluding carboxylic acids is 2. The average molecular weight is 342 g/mol. The van der Waals surface area contributed by atoms with Crippen molar-refractivity contribution in [2.45, 2.75) is 6.92 Å². The second kappa shape index (κ2) is 7.67. The van der Waals surface area contributed by atoms with E-state index in [1.165, 1.54) is 0 Å². The molecule has 2 N–H and O–H groups in total. The molecular formula is C18H18N2O5. The van der Waals surface area contributed by atoms with Gasteiger partial charge in [0.05, 0.1) is 0 Å². The lowest BCUT2D eigenvalue weighted by atomic mass is 10.2. The van der Waals surface area contributed by atoms with Gasteiger partial charge in [-0.25, -0.2) is 0 Å². The smallest absolute Gasteiger partial charge is 0.250 e. The fraction of sp³-hybridized carbons (Fsp3) is 0.222. The minimum atomic E-state index is -0.359. The highest BCUT2D eigenvalue weighted by Crippen LogP contribution is 2.34. The van der Waals surface area contributed by atoms with Gasteiger partial charge >= 0.3 is 0 Å². The molecule has 0 bridgehead atoms. The van der Waals surface area contributed by atoms with Crippen LogP contribution in [-0.2, 0) is 14.3 Å². The Morgan fingerprint density at radius 1 is 0.960 bits per heavy atom. The van der Waals surface area contributed by atoms with Crippen molar-refractivity contribution in [3.05, 3.63) is 48.0 Å². The molecule has 7 nitrogen and oxygen atoms in total. The van der Waals surface area contributed by atoms with E-state index in [-0.39, 0.29) is 31.8 Å². The lowest BCUT2D eigenvalue weighted by Gasteiger charge is -2.08. The van der Waals surface area contributed by atoms with E-state index >= 15 is 0 Å². The zero-order chi connectivity index (χ0) is 17.6. The number of hydrogen-bond donors (Lipinski definition) is 2. The van der Waals surface area contributed by atoms with Crippen molar-refractivity contribution in [2.24, 2.45) is 0 Å². The third kappa shape index (κ3) is 4.71.